The van der Waals surface area contributed by atoms with Crippen LogP contribution in [0.3, 0.4) is 0 Å². The number of ether oxygens (including phenoxy) is 1. The average molecular weight is 405 g/mol. The van der Waals surface area contributed by atoms with Crippen molar-refractivity contribution in [2.45, 2.75) is 19.9 Å². The summed E-state index contributed by atoms with van der Waals surface area (Å²) in [5.41, 5.74) is 1.66. The summed E-state index contributed by atoms with van der Waals surface area (Å²) < 4.78 is 11.9. The molecule has 0 fully saturated rings. The number of urea groups is 1. The first kappa shape index (κ1) is 17.3. The Bertz CT molecular complexity index is 856. The van der Waals surface area contributed by atoms with Crippen LogP contribution < -0.4 is 10.6 Å². The number of hydrogen-bond acceptors (Lipinski definition) is 4. The van der Waals surface area contributed by atoms with Crippen molar-refractivity contribution in [2.24, 2.45) is 0 Å². The fraction of sp³-hybridized carbons (Fsp3) is 0.222. The summed E-state index contributed by atoms with van der Waals surface area (Å²) in [5.74, 6) is 0.607. The summed E-state index contributed by atoms with van der Waals surface area (Å²) >= 11 is 3.49. The molecular formula is C18H17BrN2O4. The second kappa shape index (κ2) is 7.14. The number of esters is 1. The minimum absolute atomic E-state index is 0.247. The minimum atomic E-state index is -0.705. The van der Waals surface area contributed by atoms with Crippen LogP contribution in [0.4, 0.5) is 4.79 Å². The predicted molar refractivity (Wildman–Crippen MR) is 95.6 cm³/mol. The molecule has 1 unspecified atom stereocenters. The highest BCUT2D eigenvalue weighted by Gasteiger charge is 2.34. The Morgan fingerprint density at radius 3 is 2.76 bits per heavy atom. The van der Waals surface area contributed by atoms with Crippen LogP contribution in [0, 0.1) is 0 Å². The number of halogens is 1. The number of rotatable bonds is 4. The topological polar surface area (TPSA) is 80.6 Å². The Morgan fingerprint density at radius 1 is 1.28 bits per heavy atom. The van der Waals surface area contributed by atoms with E-state index in [9.17, 15) is 9.59 Å². The smallest absolute Gasteiger partial charge is 0.338 e. The molecule has 2 heterocycles. The molecule has 0 aliphatic carbocycles. The van der Waals surface area contributed by atoms with Gasteiger partial charge < -0.3 is 19.8 Å². The van der Waals surface area contributed by atoms with Crippen LogP contribution in [0.15, 0.2) is 56.6 Å². The van der Waals surface area contributed by atoms with Gasteiger partial charge in [0.15, 0.2) is 0 Å². The molecule has 1 aliphatic rings. The monoisotopic (exact) mass is 404 g/mol. The van der Waals surface area contributed by atoms with Crippen molar-refractivity contribution in [3.05, 3.63) is 57.9 Å². The van der Waals surface area contributed by atoms with E-state index in [0.29, 0.717) is 22.8 Å². The third-order valence-corrected chi connectivity index (χ3v) is 4.51. The number of furan rings is 1. The van der Waals surface area contributed by atoms with Gasteiger partial charge in [0.1, 0.15) is 17.6 Å². The molecule has 0 spiro atoms. The van der Waals surface area contributed by atoms with Crippen LogP contribution in [0.1, 0.15) is 25.6 Å². The summed E-state index contributed by atoms with van der Waals surface area (Å²) in [6, 6.07) is 10.1. The lowest BCUT2D eigenvalue weighted by molar-refractivity contribution is -0.139. The Kier molecular flexibility index (Phi) is 4.94. The van der Waals surface area contributed by atoms with Gasteiger partial charge in [-0.1, -0.05) is 34.1 Å². The van der Waals surface area contributed by atoms with Gasteiger partial charge in [0.25, 0.3) is 0 Å². The van der Waals surface area contributed by atoms with E-state index in [2.05, 4.69) is 26.6 Å². The van der Waals surface area contributed by atoms with Crippen molar-refractivity contribution in [1.29, 1.82) is 0 Å². The maximum Gasteiger partial charge on any atom is 0.338 e. The van der Waals surface area contributed by atoms with Gasteiger partial charge in [-0.3, -0.25) is 0 Å². The van der Waals surface area contributed by atoms with Crippen LogP contribution in [0.5, 0.6) is 0 Å². The van der Waals surface area contributed by atoms with Crippen molar-refractivity contribution in [3.8, 4) is 11.3 Å². The van der Waals surface area contributed by atoms with Crippen molar-refractivity contribution in [1.82, 2.24) is 10.6 Å². The first-order valence-electron chi connectivity index (χ1n) is 7.81. The summed E-state index contributed by atoms with van der Waals surface area (Å²) in [5, 5.41) is 5.31. The van der Waals surface area contributed by atoms with Crippen molar-refractivity contribution in [3.63, 3.8) is 0 Å². The molecule has 1 atom stereocenters. The second-order valence-corrected chi connectivity index (χ2v) is 6.33. The number of hydrogen-bond donors (Lipinski definition) is 2. The largest absolute Gasteiger partial charge is 0.463 e. The van der Waals surface area contributed by atoms with E-state index in [1.54, 1.807) is 19.9 Å². The molecule has 1 aromatic carbocycles. The van der Waals surface area contributed by atoms with Gasteiger partial charge in [-0.05, 0) is 32.0 Å². The maximum atomic E-state index is 12.3. The number of carbonyl (C=O) groups is 2. The summed E-state index contributed by atoms with van der Waals surface area (Å²) in [6.45, 7) is 3.64. The van der Waals surface area contributed by atoms with E-state index in [0.717, 1.165) is 10.0 Å². The molecule has 0 bridgehead atoms. The van der Waals surface area contributed by atoms with E-state index in [-0.39, 0.29) is 6.61 Å². The van der Waals surface area contributed by atoms with Gasteiger partial charge in [-0.2, -0.15) is 0 Å². The summed E-state index contributed by atoms with van der Waals surface area (Å²) in [7, 11) is 0. The van der Waals surface area contributed by atoms with Crippen LogP contribution in [0.2, 0.25) is 0 Å². The first-order chi connectivity index (χ1) is 12.0. The Hall–Kier alpha value is -2.54. The number of amides is 2. The number of allylic oxidation sites excluding steroid dienone is 1. The molecule has 25 heavy (non-hydrogen) atoms. The molecule has 3 rings (SSSR count). The van der Waals surface area contributed by atoms with Crippen LogP contribution in [-0.2, 0) is 9.53 Å². The van der Waals surface area contributed by atoms with E-state index < -0.39 is 18.0 Å². The number of carbonyl (C=O) groups excluding carboxylic acids is 2. The van der Waals surface area contributed by atoms with Gasteiger partial charge in [-0.15, -0.1) is 0 Å². The molecule has 2 amide bonds. The molecule has 130 valence electrons. The van der Waals surface area contributed by atoms with Crippen molar-refractivity contribution >= 4 is 27.9 Å². The Morgan fingerprint density at radius 2 is 2.04 bits per heavy atom. The predicted octanol–water partition coefficient (Wildman–Crippen LogP) is 3.90. The zero-order chi connectivity index (χ0) is 18.0. The Labute approximate surface area is 153 Å². The summed E-state index contributed by atoms with van der Waals surface area (Å²) in [4.78, 5) is 24.2. The highest BCUT2D eigenvalue weighted by Crippen LogP contribution is 2.34. The van der Waals surface area contributed by atoms with E-state index in [1.807, 2.05) is 30.3 Å². The normalized spacial score (nSPS) is 17.1. The number of nitrogens with one attached hydrogen (secondary N) is 2. The fourth-order valence-electron chi connectivity index (χ4n) is 2.70. The molecule has 0 radical (unpaired) electrons. The van der Waals surface area contributed by atoms with Gasteiger partial charge in [0.05, 0.1) is 12.2 Å². The summed E-state index contributed by atoms with van der Waals surface area (Å²) in [6.07, 6.45) is 0. The van der Waals surface area contributed by atoms with Crippen LogP contribution in [0.25, 0.3) is 11.3 Å². The van der Waals surface area contributed by atoms with Crippen LogP contribution >= 0.6 is 15.9 Å². The highest BCUT2D eigenvalue weighted by molar-refractivity contribution is 9.10. The lowest BCUT2D eigenvalue weighted by Gasteiger charge is -2.26. The van der Waals surface area contributed by atoms with Crippen molar-refractivity contribution < 1.29 is 18.7 Å². The minimum Gasteiger partial charge on any atom is -0.463 e. The lowest BCUT2D eigenvalue weighted by atomic mass is 10.0. The zero-order valence-electron chi connectivity index (χ0n) is 13.8. The molecule has 1 aromatic heterocycles. The van der Waals surface area contributed by atoms with E-state index in [1.165, 1.54) is 0 Å². The Balaban J connectivity index is 1.99. The first-order valence-corrected chi connectivity index (χ1v) is 8.60. The van der Waals surface area contributed by atoms with E-state index >= 15 is 0 Å². The fourth-order valence-corrected chi connectivity index (χ4v) is 3.18. The SMILES string of the molecule is CCOC(=O)C1=C(C)NC(=O)NC1c1ccc(-c2ccccc2Br)o1. The van der Waals surface area contributed by atoms with Crippen LogP contribution in [-0.4, -0.2) is 18.6 Å². The van der Waals surface area contributed by atoms with Gasteiger partial charge in [0.2, 0.25) is 0 Å². The standard InChI is InChI=1S/C18H17BrN2O4/c1-3-24-17(22)15-10(2)20-18(23)21-16(15)14-9-8-13(25-14)11-6-4-5-7-12(11)19/h4-9,16H,3H2,1-2H3,(H2,20,21,23). The average Bonchev–Trinajstić information content (AvgIpc) is 3.04. The maximum absolute atomic E-state index is 12.3. The molecular weight excluding hydrogens is 388 g/mol. The number of benzene rings is 1. The van der Waals surface area contributed by atoms with Gasteiger partial charge in [0, 0.05) is 15.7 Å². The van der Waals surface area contributed by atoms with Gasteiger partial charge >= 0.3 is 12.0 Å². The molecule has 1 aliphatic heterocycles. The second-order valence-electron chi connectivity index (χ2n) is 5.47. The lowest BCUT2D eigenvalue weighted by Crippen LogP contribution is -2.45. The third-order valence-electron chi connectivity index (χ3n) is 3.82. The zero-order valence-corrected chi connectivity index (χ0v) is 15.3. The van der Waals surface area contributed by atoms with Gasteiger partial charge in [-0.25, -0.2) is 9.59 Å². The molecule has 2 N–H and O–H groups in total. The molecule has 2 aromatic rings. The quantitative estimate of drug-likeness (QED) is 0.757. The van der Waals surface area contributed by atoms with Crippen molar-refractivity contribution in [2.75, 3.05) is 6.61 Å². The molecule has 7 heteroatoms. The molecule has 0 saturated heterocycles. The van der Waals surface area contributed by atoms with E-state index in [4.69, 9.17) is 9.15 Å². The molecule has 0 saturated carbocycles. The highest BCUT2D eigenvalue weighted by atomic mass is 79.9. The molecule has 6 nitrogen and oxygen atoms in total. The third kappa shape index (κ3) is 3.46.